The maximum Gasteiger partial charge on any atom is 0.191 e. The maximum atomic E-state index is 5.53. The Morgan fingerprint density at radius 3 is 2.72 bits per heavy atom. The van der Waals surface area contributed by atoms with E-state index in [1.807, 2.05) is 18.4 Å². The topological polar surface area (TPSA) is 48.9 Å². The zero-order valence-corrected chi connectivity index (χ0v) is 16.4. The van der Waals surface area contributed by atoms with Crippen LogP contribution in [0.1, 0.15) is 43.5 Å². The van der Waals surface area contributed by atoms with E-state index in [9.17, 15) is 0 Å². The molecule has 1 unspecified atom stereocenters. The first-order chi connectivity index (χ1) is 12.2. The van der Waals surface area contributed by atoms with Gasteiger partial charge in [0.1, 0.15) is 0 Å². The molecule has 1 aromatic rings. The summed E-state index contributed by atoms with van der Waals surface area (Å²) in [5, 5.41) is 9.28. The van der Waals surface area contributed by atoms with E-state index < -0.39 is 0 Å². The van der Waals surface area contributed by atoms with Crippen LogP contribution in [0.3, 0.4) is 0 Å². The van der Waals surface area contributed by atoms with Crippen molar-refractivity contribution in [2.24, 2.45) is 10.4 Å². The van der Waals surface area contributed by atoms with Crippen LogP contribution in [0.25, 0.3) is 0 Å². The molecule has 1 aliphatic carbocycles. The molecule has 0 radical (unpaired) electrons. The highest BCUT2D eigenvalue weighted by molar-refractivity contribution is 7.10. The molecule has 1 saturated carbocycles. The summed E-state index contributed by atoms with van der Waals surface area (Å²) in [7, 11) is 1.86. The molecule has 2 heterocycles. The molecule has 6 heteroatoms. The van der Waals surface area contributed by atoms with Crippen molar-refractivity contribution in [1.29, 1.82) is 0 Å². The van der Waals surface area contributed by atoms with Crippen molar-refractivity contribution in [3.8, 4) is 0 Å². The van der Waals surface area contributed by atoms with Gasteiger partial charge in [-0.25, -0.2) is 0 Å². The summed E-state index contributed by atoms with van der Waals surface area (Å²) in [4.78, 5) is 8.36. The van der Waals surface area contributed by atoms with Crippen LogP contribution in [0.2, 0.25) is 0 Å². The number of rotatable bonds is 6. The third kappa shape index (κ3) is 5.19. The van der Waals surface area contributed by atoms with Gasteiger partial charge in [-0.1, -0.05) is 25.8 Å². The minimum Gasteiger partial charge on any atom is -0.379 e. The predicted molar refractivity (Wildman–Crippen MR) is 105 cm³/mol. The molecule has 1 atom stereocenters. The van der Waals surface area contributed by atoms with E-state index in [4.69, 9.17) is 4.74 Å². The number of hydrogen-bond acceptors (Lipinski definition) is 4. The summed E-state index contributed by atoms with van der Waals surface area (Å²) in [6, 6.07) is 4.76. The molecule has 0 bridgehead atoms. The SMILES string of the molecule is CN=C(NCC(c1cccs1)N1CCOCC1)NCC1(C)CCCC1. The molecule has 3 rings (SSSR count). The number of thiophene rings is 1. The fourth-order valence-corrected chi connectivity index (χ4v) is 4.76. The van der Waals surface area contributed by atoms with Gasteiger partial charge in [0.2, 0.25) is 0 Å². The van der Waals surface area contributed by atoms with Gasteiger partial charge in [0.05, 0.1) is 19.3 Å². The Kier molecular flexibility index (Phi) is 6.73. The van der Waals surface area contributed by atoms with Crippen molar-refractivity contribution in [2.45, 2.75) is 38.6 Å². The molecule has 2 aliphatic rings. The van der Waals surface area contributed by atoms with Gasteiger partial charge in [0.15, 0.2) is 5.96 Å². The summed E-state index contributed by atoms with van der Waals surface area (Å²) in [6.45, 7) is 7.91. The molecule has 5 nitrogen and oxygen atoms in total. The summed E-state index contributed by atoms with van der Waals surface area (Å²) in [5.41, 5.74) is 0.426. The summed E-state index contributed by atoms with van der Waals surface area (Å²) >= 11 is 1.83. The lowest BCUT2D eigenvalue weighted by atomic mass is 9.89. The van der Waals surface area contributed by atoms with Gasteiger partial charge in [-0.05, 0) is 29.7 Å². The number of nitrogens with zero attached hydrogens (tertiary/aromatic N) is 2. The summed E-state index contributed by atoms with van der Waals surface area (Å²) < 4.78 is 5.53. The van der Waals surface area contributed by atoms with E-state index in [0.29, 0.717) is 11.5 Å². The number of morpholine rings is 1. The van der Waals surface area contributed by atoms with E-state index in [0.717, 1.165) is 45.4 Å². The lowest BCUT2D eigenvalue weighted by Gasteiger charge is -2.34. The fraction of sp³-hybridized carbons (Fsp3) is 0.737. The first kappa shape index (κ1) is 18.7. The van der Waals surface area contributed by atoms with E-state index in [2.05, 4.69) is 45.0 Å². The Morgan fingerprint density at radius 2 is 2.08 bits per heavy atom. The number of aliphatic imine (C=N–C) groups is 1. The average molecular weight is 365 g/mol. The predicted octanol–water partition coefficient (Wildman–Crippen LogP) is 2.87. The second-order valence-corrected chi connectivity index (χ2v) is 8.48. The van der Waals surface area contributed by atoms with Gasteiger partial charge < -0.3 is 15.4 Å². The van der Waals surface area contributed by atoms with Crippen LogP contribution in [0.4, 0.5) is 0 Å². The van der Waals surface area contributed by atoms with Gasteiger partial charge in [0.25, 0.3) is 0 Å². The summed E-state index contributed by atoms with van der Waals surface area (Å²) in [5.74, 6) is 0.919. The Bertz CT molecular complexity index is 534. The van der Waals surface area contributed by atoms with Crippen molar-refractivity contribution in [2.75, 3.05) is 46.4 Å². The van der Waals surface area contributed by atoms with Crippen molar-refractivity contribution < 1.29 is 4.74 Å². The van der Waals surface area contributed by atoms with Crippen LogP contribution >= 0.6 is 11.3 Å². The average Bonchev–Trinajstić information content (AvgIpc) is 3.31. The first-order valence-corrected chi connectivity index (χ1v) is 10.4. The van der Waals surface area contributed by atoms with Crippen LogP contribution in [-0.2, 0) is 4.74 Å². The Morgan fingerprint density at radius 1 is 1.32 bits per heavy atom. The Labute approximate surface area is 155 Å². The third-order valence-electron chi connectivity index (χ3n) is 5.54. The van der Waals surface area contributed by atoms with Gasteiger partial charge >= 0.3 is 0 Å². The van der Waals surface area contributed by atoms with E-state index >= 15 is 0 Å². The normalized spacial score (nSPS) is 22.7. The molecule has 140 valence electrons. The fourth-order valence-electron chi connectivity index (χ4n) is 3.90. The largest absolute Gasteiger partial charge is 0.379 e. The molecule has 1 aliphatic heterocycles. The standard InChI is InChI=1S/C19H32N4OS/c1-19(7-3-4-8-19)15-22-18(20-2)21-14-16(17-6-5-13-25-17)23-9-11-24-12-10-23/h5-6,13,16H,3-4,7-12,14-15H2,1-2H3,(H2,20,21,22). The van der Waals surface area contributed by atoms with Crippen LogP contribution in [0.5, 0.6) is 0 Å². The van der Waals surface area contributed by atoms with Crippen LogP contribution in [-0.4, -0.2) is 57.3 Å². The van der Waals surface area contributed by atoms with Crippen LogP contribution in [0.15, 0.2) is 22.5 Å². The lowest BCUT2D eigenvalue weighted by molar-refractivity contribution is 0.0177. The quantitative estimate of drug-likeness (QED) is 0.602. The second kappa shape index (κ2) is 9.01. The first-order valence-electron chi connectivity index (χ1n) is 9.50. The maximum absolute atomic E-state index is 5.53. The number of guanidine groups is 1. The van der Waals surface area contributed by atoms with Crippen molar-refractivity contribution in [3.05, 3.63) is 22.4 Å². The van der Waals surface area contributed by atoms with Crippen LogP contribution in [0, 0.1) is 5.41 Å². The van der Waals surface area contributed by atoms with Gasteiger partial charge in [-0.2, -0.15) is 0 Å². The molecule has 1 aromatic heterocycles. The highest BCUT2D eigenvalue weighted by Crippen LogP contribution is 2.36. The summed E-state index contributed by atoms with van der Waals surface area (Å²) in [6.07, 6.45) is 5.37. The number of ether oxygens (including phenoxy) is 1. The van der Waals surface area contributed by atoms with E-state index in [-0.39, 0.29) is 0 Å². The Hall–Kier alpha value is -1.11. The van der Waals surface area contributed by atoms with Crippen molar-refractivity contribution >= 4 is 17.3 Å². The molecule has 0 aromatic carbocycles. The zero-order chi connectivity index (χ0) is 17.5. The second-order valence-electron chi connectivity index (χ2n) is 7.50. The Balaban J connectivity index is 1.55. The number of nitrogens with one attached hydrogen (secondary N) is 2. The van der Waals surface area contributed by atoms with Crippen LogP contribution < -0.4 is 10.6 Å². The lowest BCUT2D eigenvalue weighted by Crippen LogP contribution is -2.47. The molecule has 25 heavy (non-hydrogen) atoms. The van der Waals surface area contributed by atoms with Gasteiger partial charge in [-0.3, -0.25) is 9.89 Å². The monoisotopic (exact) mass is 364 g/mol. The van der Waals surface area contributed by atoms with E-state index in [1.54, 1.807) is 0 Å². The zero-order valence-electron chi connectivity index (χ0n) is 15.6. The molecule has 1 saturated heterocycles. The number of hydrogen-bond donors (Lipinski definition) is 2. The van der Waals surface area contributed by atoms with Gasteiger partial charge in [-0.15, -0.1) is 11.3 Å². The molecule has 0 spiro atoms. The smallest absolute Gasteiger partial charge is 0.191 e. The molecular formula is C19H32N4OS. The molecule has 2 N–H and O–H groups in total. The molecular weight excluding hydrogens is 332 g/mol. The highest BCUT2D eigenvalue weighted by atomic mass is 32.1. The molecule has 0 amide bonds. The van der Waals surface area contributed by atoms with Crippen molar-refractivity contribution in [3.63, 3.8) is 0 Å². The van der Waals surface area contributed by atoms with Gasteiger partial charge in [0, 0.05) is 38.1 Å². The molecule has 2 fully saturated rings. The van der Waals surface area contributed by atoms with Crippen molar-refractivity contribution in [1.82, 2.24) is 15.5 Å². The van der Waals surface area contributed by atoms with E-state index in [1.165, 1.54) is 30.6 Å². The minimum absolute atomic E-state index is 0.379. The minimum atomic E-state index is 0.379. The third-order valence-corrected chi connectivity index (χ3v) is 6.51. The highest BCUT2D eigenvalue weighted by Gasteiger charge is 2.29.